The summed E-state index contributed by atoms with van der Waals surface area (Å²) in [4.78, 5) is 16.5. The summed E-state index contributed by atoms with van der Waals surface area (Å²) in [6.07, 6.45) is 1.56. The molecule has 0 radical (unpaired) electrons. The van der Waals surface area contributed by atoms with Crippen LogP contribution in [-0.2, 0) is 4.74 Å². The monoisotopic (exact) mass is 294 g/mol. The summed E-state index contributed by atoms with van der Waals surface area (Å²) in [5.74, 6) is -0.455. The van der Waals surface area contributed by atoms with E-state index < -0.39 is 5.97 Å². The highest BCUT2D eigenvalue weighted by atomic mass is 35.5. The molecule has 0 aliphatic rings. The van der Waals surface area contributed by atoms with Crippen LogP contribution in [0.3, 0.4) is 0 Å². The Morgan fingerprint density at radius 3 is 2.79 bits per heavy atom. The van der Waals surface area contributed by atoms with Crippen LogP contribution in [0.25, 0.3) is 0 Å². The number of aromatic nitrogens is 1. The number of esters is 1. The molecule has 0 saturated heterocycles. The zero-order chi connectivity index (χ0) is 13.8. The summed E-state index contributed by atoms with van der Waals surface area (Å²) in [6.45, 7) is 0. The molecule has 4 nitrogen and oxygen atoms in total. The van der Waals surface area contributed by atoms with Crippen molar-refractivity contribution in [3.63, 3.8) is 0 Å². The number of rotatable bonds is 3. The Bertz CT molecular complexity index is 602. The lowest BCUT2D eigenvalue weighted by molar-refractivity contribution is 0.0601. The largest absolute Gasteiger partial charge is 0.465 e. The van der Waals surface area contributed by atoms with Crippen molar-refractivity contribution >= 4 is 35.0 Å². The first kappa shape index (κ1) is 13.7. The predicted molar refractivity (Wildman–Crippen MR) is 75.6 cm³/mol. The Morgan fingerprint density at radius 1 is 1.37 bits per heavy atom. The van der Waals surface area contributed by atoms with E-state index in [0.29, 0.717) is 16.3 Å². The lowest BCUT2D eigenvalue weighted by atomic mass is 10.2. The number of ether oxygens (including phenoxy) is 1. The standard InChI is InChI=1S/C13H11ClN2O2S/c1-18-13(17)9-3-2-4-10(12(9)15)19-11-6-5-8(14)7-16-11/h2-7H,15H2,1H3. The Hall–Kier alpha value is -1.72. The number of carbonyl (C=O) groups is 1. The summed E-state index contributed by atoms with van der Waals surface area (Å²) in [7, 11) is 1.32. The summed E-state index contributed by atoms with van der Waals surface area (Å²) < 4.78 is 4.68. The first-order chi connectivity index (χ1) is 9.11. The molecule has 2 N–H and O–H groups in total. The molecule has 0 unspecified atom stereocenters. The van der Waals surface area contributed by atoms with Crippen LogP contribution in [0.5, 0.6) is 0 Å². The van der Waals surface area contributed by atoms with Gasteiger partial charge in [0, 0.05) is 11.1 Å². The molecule has 6 heteroatoms. The van der Waals surface area contributed by atoms with Gasteiger partial charge >= 0.3 is 5.97 Å². The first-order valence-corrected chi connectivity index (χ1v) is 6.57. The topological polar surface area (TPSA) is 65.2 Å². The molecule has 0 fully saturated rings. The second-order valence-corrected chi connectivity index (χ2v) is 5.12. The van der Waals surface area contributed by atoms with Crippen LogP contribution in [0.15, 0.2) is 46.5 Å². The maximum Gasteiger partial charge on any atom is 0.339 e. The van der Waals surface area contributed by atoms with E-state index in [1.807, 2.05) is 6.07 Å². The Morgan fingerprint density at radius 2 is 2.16 bits per heavy atom. The molecule has 0 aliphatic heterocycles. The molecule has 2 rings (SSSR count). The maximum atomic E-state index is 11.5. The lowest BCUT2D eigenvalue weighted by Gasteiger charge is -2.08. The molecule has 0 saturated carbocycles. The highest BCUT2D eigenvalue weighted by Gasteiger charge is 2.13. The number of benzene rings is 1. The van der Waals surface area contributed by atoms with Gasteiger partial charge in [0.1, 0.15) is 5.03 Å². The minimum Gasteiger partial charge on any atom is -0.465 e. The Kier molecular flexibility index (Phi) is 4.29. The van der Waals surface area contributed by atoms with Crippen LogP contribution in [-0.4, -0.2) is 18.1 Å². The fourth-order valence-corrected chi connectivity index (χ4v) is 2.40. The summed E-state index contributed by atoms with van der Waals surface area (Å²) in [5, 5.41) is 1.32. The molecule has 0 spiro atoms. The minimum absolute atomic E-state index is 0.349. The van der Waals surface area contributed by atoms with Crippen LogP contribution >= 0.6 is 23.4 Å². The van der Waals surface area contributed by atoms with Gasteiger partial charge in [0.05, 0.1) is 23.4 Å². The third kappa shape index (κ3) is 3.19. The first-order valence-electron chi connectivity index (χ1n) is 5.38. The molecular formula is C13H11ClN2O2S. The number of hydrogen-bond acceptors (Lipinski definition) is 5. The molecule has 1 aromatic carbocycles. The van der Waals surface area contributed by atoms with Gasteiger partial charge in [-0.25, -0.2) is 9.78 Å². The third-order valence-corrected chi connectivity index (χ3v) is 3.64. The van der Waals surface area contributed by atoms with Gasteiger partial charge in [-0.1, -0.05) is 29.4 Å². The quantitative estimate of drug-likeness (QED) is 0.695. The molecule has 1 aromatic heterocycles. The number of para-hydroxylation sites is 1. The number of methoxy groups -OCH3 is 1. The lowest BCUT2D eigenvalue weighted by Crippen LogP contribution is -2.06. The van der Waals surface area contributed by atoms with Crippen molar-refractivity contribution in [2.45, 2.75) is 9.92 Å². The normalized spacial score (nSPS) is 10.2. The van der Waals surface area contributed by atoms with E-state index in [9.17, 15) is 4.79 Å². The summed E-state index contributed by atoms with van der Waals surface area (Å²) >= 11 is 7.14. The summed E-state index contributed by atoms with van der Waals surface area (Å²) in [6, 6.07) is 8.73. The number of anilines is 1. The van der Waals surface area contributed by atoms with Crippen molar-refractivity contribution in [1.29, 1.82) is 0 Å². The van der Waals surface area contributed by atoms with Gasteiger partial charge in [-0.15, -0.1) is 0 Å². The van der Waals surface area contributed by atoms with Crippen molar-refractivity contribution in [2.24, 2.45) is 0 Å². The Balaban J connectivity index is 2.30. The van der Waals surface area contributed by atoms with Crippen molar-refractivity contribution in [1.82, 2.24) is 4.98 Å². The van der Waals surface area contributed by atoms with Gasteiger partial charge < -0.3 is 10.5 Å². The maximum absolute atomic E-state index is 11.5. The average Bonchev–Trinajstić information content (AvgIpc) is 2.43. The second kappa shape index (κ2) is 5.95. The highest BCUT2D eigenvalue weighted by molar-refractivity contribution is 7.99. The molecular weight excluding hydrogens is 284 g/mol. The molecule has 1 heterocycles. The smallest absolute Gasteiger partial charge is 0.339 e. The fourth-order valence-electron chi connectivity index (χ4n) is 1.46. The van der Waals surface area contributed by atoms with Gasteiger partial charge in [-0.05, 0) is 24.3 Å². The van der Waals surface area contributed by atoms with E-state index in [-0.39, 0.29) is 0 Å². The van der Waals surface area contributed by atoms with E-state index in [4.69, 9.17) is 17.3 Å². The fraction of sp³-hybridized carbons (Fsp3) is 0.0769. The van der Waals surface area contributed by atoms with Crippen LogP contribution < -0.4 is 5.73 Å². The zero-order valence-electron chi connectivity index (χ0n) is 10.1. The van der Waals surface area contributed by atoms with E-state index in [1.165, 1.54) is 18.9 Å². The molecule has 0 bridgehead atoms. The van der Waals surface area contributed by atoms with Gasteiger partial charge in [0.25, 0.3) is 0 Å². The van der Waals surface area contributed by atoms with E-state index in [1.54, 1.807) is 30.5 Å². The second-order valence-electron chi connectivity index (χ2n) is 3.63. The molecule has 19 heavy (non-hydrogen) atoms. The molecule has 2 aromatic rings. The predicted octanol–water partition coefficient (Wildman–Crippen LogP) is 3.26. The van der Waals surface area contributed by atoms with Crippen molar-refractivity contribution in [2.75, 3.05) is 12.8 Å². The van der Waals surface area contributed by atoms with Crippen LogP contribution in [0.4, 0.5) is 5.69 Å². The average molecular weight is 295 g/mol. The zero-order valence-corrected chi connectivity index (χ0v) is 11.7. The molecule has 98 valence electrons. The minimum atomic E-state index is -0.455. The van der Waals surface area contributed by atoms with Gasteiger partial charge in [0.2, 0.25) is 0 Å². The number of pyridine rings is 1. The van der Waals surface area contributed by atoms with E-state index in [0.717, 1.165) is 9.92 Å². The number of nitrogens with two attached hydrogens (primary N) is 1. The highest BCUT2D eigenvalue weighted by Crippen LogP contribution is 2.33. The number of nitrogen functional groups attached to an aromatic ring is 1. The number of halogens is 1. The van der Waals surface area contributed by atoms with E-state index >= 15 is 0 Å². The van der Waals surface area contributed by atoms with Crippen LogP contribution in [0.2, 0.25) is 5.02 Å². The molecule has 0 amide bonds. The Labute approximate surface area is 119 Å². The van der Waals surface area contributed by atoms with Crippen LogP contribution in [0, 0.1) is 0 Å². The van der Waals surface area contributed by atoms with Crippen molar-refractivity contribution in [3.05, 3.63) is 47.1 Å². The van der Waals surface area contributed by atoms with Crippen molar-refractivity contribution in [3.8, 4) is 0 Å². The number of hydrogen-bond donors (Lipinski definition) is 1. The van der Waals surface area contributed by atoms with Gasteiger partial charge in [0.15, 0.2) is 0 Å². The summed E-state index contributed by atoms with van der Waals surface area (Å²) in [5.41, 5.74) is 6.70. The van der Waals surface area contributed by atoms with Crippen molar-refractivity contribution < 1.29 is 9.53 Å². The SMILES string of the molecule is COC(=O)c1cccc(Sc2ccc(Cl)cn2)c1N. The molecule has 0 aliphatic carbocycles. The number of nitrogens with zero attached hydrogens (tertiary/aromatic N) is 1. The number of carbonyl (C=O) groups excluding carboxylic acids is 1. The van der Waals surface area contributed by atoms with Gasteiger partial charge in [-0.2, -0.15) is 0 Å². The van der Waals surface area contributed by atoms with Crippen LogP contribution in [0.1, 0.15) is 10.4 Å². The van der Waals surface area contributed by atoms with Gasteiger partial charge in [-0.3, -0.25) is 0 Å². The molecule has 0 atom stereocenters. The third-order valence-electron chi connectivity index (χ3n) is 2.39. The van der Waals surface area contributed by atoms with E-state index in [2.05, 4.69) is 9.72 Å².